The van der Waals surface area contributed by atoms with Gasteiger partial charge < -0.3 is 4.98 Å². The van der Waals surface area contributed by atoms with E-state index in [4.69, 9.17) is 0 Å². The van der Waals surface area contributed by atoms with Crippen molar-refractivity contribution in [1.29, 1.82) is 0 Å². The van der Waals surface area contributed by atoms with Crippen molar-refractivity contribution in [2.75, 3.05) is 0 Å². The van der Waals surface area contributed by atoms with Gasteiger partial charge in [-0.2, -0.15) is 0 Å². The van der Waals surface area contributed by atoms with Crippen LogP contribution in [0.3, 0.4) is 0 Å². The molecule has 0 unspecified atom stereocenters. The Labute approximate surface area is 109 Å². The van der Waals surface area contributed by atoms with Crippen molar-refractivity contribution in [2.24, 2.45) is 0 Å². The Morgan fingerprint density at radius 1 is 0.667 bits per heavy atom. The van der Waals surface area contributed by atoms with Crippen LogP contribution >= 0.6 is 0 Å². The van der Waals surface area contributed by atoms with Gasteiger partial charge in [0.15, 0.2) is 0 Å². The zero-order chi connectivity index (χ0) is 12.2. The molecule has 0 saturated heterocycles. The molecule has 2 aromatic carbocycles. The summed E-state index contributed by atoms with van der Waals surface area (Å²) in [6.07, 6.45) is 4.23. The van der Waals surface area contributed by atoms with Crippen molar-refractivity contribution in [3.8, 4) is 0 Å². The molecule has 0 bridgehead atoms. The summed E-state index contributed by atoms with van der Waals surface area (Å²) in [6, 6.07) is 16.8. The van der Waals surface area contributed by atoms with Crippen LogP contribution in [0.1, 0.15) is 0 Å². The number of hydrogen-bond acceptors (Lipinski definition) is 0. The van der Waals surface area contributed by atoms with E-state index in [-0.39, 0.29) is 9.52 Å². The fraction of sp³-hybridized carbons (Fsp3) is 0. The number of aromatic nitrogens is 1. The predicted molar refractivity (Wildman–Crippen MR) is 82.6 cm³/mol. The molecule has 1 aromatic heterocycles. The lowest BCUT2D eigenvalue weighted by molar-refractivity contribution is 1.55. The summed E-state index contributed by atoms with van der Waals surface area (Å²) in [6.45, 7) is 0. The average Bonchev–Trinajstić information content (AvgIpc) is 3.10. The third-order valence-electron chi connectivity index (χ3n) is 3.07. The van der Waals surface area contributed by atoms with Gasteiger partial charge in [-0.15, -0.1) is 0 Å². The van der Waals surface area contributed by atoms with Gasteiger partial charge in [0.05, 0.1) is 9.52 Å². The molecule has 4 rings (SSSR count). The number of allylic oxidation sites excluding steroid dienone is 2. The maximum atomic E-state index is 3.38. The van der Waals surface area contributed by atoms with Crippen LogP contribution in [-0.2, 0) is 0 Å². The molecule has 2 heteroatoms. The molecule has 0 atom stereocenters. The van der Waals surface area contributed by atoms with Crippen LogP contribution in [0.15, 0.2) is 72.1 Å². The van der Waals surface area contributed by atoms with Crippen molar-refractivity contribution in [3.05, 3.63) is 72.1 Å². The second kappa shape index (κ2) is 5.06. The number of para-hydroxylation sites is 2. The molecular weight excluding hydrogens is 234 g/mol. The molecule has 1 nitrogen and oxygen atoms in total. The lowest BCUT2D eigenvalue weighted by atomic mass is 10.2. The number of rotatable bonds is 0. The van der Waals surface area contributed by atoms with E-state index in [0.29, 0.717) is 0 Å². The third kappa shape index (κ3) is 2.15. The first kappa shape index (κ1) is 11.1. The number of hydrogen-bond donors (Lipinski definition) is 1. The van der Waals surface area contributed by atoms with Gasteiger partial charge in [-0.25, -0.2) is 0 Å². The number of nitrogens with one attached hydrogen (secondary N) is 1. The number of fused-ring (bicyclic) bond motifs is 3. The van der Waals surface area contributed by atoms with Gasteiger partial charge >= 0.3 is 0 Å². The summed E-state index contributed by atoms with van der Waals surface area (Å²) in [5, 5.41) is 2.61. The van der Waals surface area contributed by atoms with Gasteiger partial charge in [0.25, 0.3) is 0 Å². The van der Waals surface area contributed by atoms with E-state index in [1.165, 1.54) is 21.8 Å². The standard InChI is InChI=1S/C12H9N.C4H6Si/c1-3-7-11-9(5-1)10-6-2-4-8-12(10)13-11;1-2-4-5-3-1/h1-8,13H;1-4H,5H2. The summed E-state index contributed by atoms with van der Waals surface area (Å²) in [7, 11) is 0.182. The highest BCUT2D eigenvalue weighted by atomic mass is 28.2. The Hall–Kier alpha value is -2.06. The molecule has 0 saturated carbocycles. The van der Waals surface area contributed by atoms with Crippen molar-refractivity contribution in [1.82, 2.24) is 4.98 Å². The van der Waals surface area contributed by atoms with Crippen LogP contribution in [0, 0.1) is 0 Å². The maximum absolute atomic E-state index is 3.38. The average molecular weight is 249 g/mol. The lowest BCUT2D eigenvalue weighted by Gasteiger charge is -1.87. The van der Waals surface area contributed by atoms with Gasteiger partial charge in [-0.1, -0.05) is 59.9 Å². The molecular formula is C16H15NSi. The molecule has 0 fully saturated rings. The van der Waals surface area contributed by atoms with E-state index in [2.05, 4.69) is 77.1 Å². The zero-order valence-corrected chi connectivity index (χ0v) is 11.5. The topological polar surface area (TPSA) is 15.8 Å². The molecule has 1 N–H and O–H groups in total. The second-order valence-corrected chi connectivity index (χ2v) is 5.72. The molecule has 0 amide bonds. The smallest absolute Gasteiger partial charge is 0.0691 e. The van der Waals surface area contributed by atoms with E-state index in [0.717, 1.165) is 0 Å². The van der Waals surface area contributed by atoms with Crippen LogP contribution < -0.4 is 0 Å². The van der Waals surface area contributed by atoms with E-state index in [1.807, 2.05) is 0 Å². The lowest BCUT2D eigenvalue weighted by Crippen LogP contribution is -1.63. The monoisotopic (exact) mass is 249 g/mol. The second-order valence-electron chi connectivity index (χ2n) is 4.31. The van der Waals surface area contributed by atoms with Gasteiger partial charge in [-0.3, -0.25) is 0 Å². The first-order valence-corrected chi connectivity index (χ1v) is 7.85. The Morgan fingerprint density at radius 2 is 1.17 bits per heavy atom. The zero-order valence-electron chi connectivity index (χ0n) is 10.1. The van der Waals surface area contributed by atoms with Gasteiger partial charge in [-0.05, 0) is 12.1 Å². The summed E-state index contributed by atoms with van der Waals surface area (Å²) < 4.78 is 0. The predicted octanol–water partition coefficient (Wildman–Crippen LogP) is 3.52. The molecule has 0 spiro atoms. The molecule has 0 aliphatic carbocycles. The van der Waals surface area contributed by atoms with E-state index in [1.54, 1.807) is 0 Å². The molecule has 0 radical (unpaired) electrons. The van der Waals surface area contributed by atoms with Crippen molar-refractivity contribution >= 4 is 31.3 Å². The highest BCUT2D eigenvalue weighted by Crippen LogP contribution is 2.24. The normalized spacial score (nSPS) is 12.9. The van der Waals surface area contributed by atoms with Crippen LogP contribution in [0.4, 0.5) is 0 Å². The van der Waals surface area contributed by atoms with Gasteiger partial charge in [0, 0.05) is 21.8 Å². The van der Waals surface area contributed by atoms with Crippen LogP contribution in [0.2, 0.25) is 0 Å². The number of benzene rings is 2. The van der Waals surface area contributed by atoms with Gasteiger partial charge in [0.1, 0.15) is 0 Å². The quantitative estimate of drug-likeness (QED) is 0.587. The summed E-state index contributed by atoms with van der Waals surface area (Å²) in [5.74, 6) is 0. The summed E-state index contributed by atoms with van der Waals surface area (Å²) >= 11 is 0. The SMILES string of the molecule is C1=C[SiH2]C=C1.c1ccc2c(c1)[nH]c1ccccc12. The Morgan fingerprint density at radius 3 is 1.61 bits per heavy atom. The van der Waals surface area contributed by atoms with Crippen molar-refractivity contribution < 1.29 is 0 Å². The Bertz CT molecular complexity index is 662. The molecule has 1 aliphatic heterocycles. The molecule has 88 valence electrons. The Kier molecular flexibility index (Phi) is 3.11. The number of H-pyrrole nitrogens is 1. The molecule has 18 heavy (non-hydrogen) atoms. The van der Waals surface area contributed by atoms with Crippen LogP contribution in [0.25, 0.3) is 21.8 Å². The van der Waals surface area contributed by atoms with Crippen LogP contribution in [-0.4, -0.2) is 14.5 Å². The molecule has 1 aliphatic rings. The molecule has 3 aromatic rings. The van der Waals surface area contributed by atoms with E-state index >= 15 is 0 Å². The van der Waals surface area contributed by atoms with E-state index < -0.39 is 0 Å². The highest BCUT2D eigenvalue weighted by Gasteiger charge is 2.00. The minimum absolute atomic E-state index is 0.182. The summed E-state index contributed by atoms with van der Waals surface area (Å²) in [4.78, 5) is 3.38. The fourth-order valence-corrected chi connectivity index (χ4v) is 2.98. The minimum atomic E-state index is 0.182. The Balaban J connectivity index is 0.000000169. The third-order valence-corrected chi connectivity index (χ3v) is 4.16. The highest BCUT2D eigenvalue weighted by molar-refractivity contribution is 6.49. The summed E-state index contributed by atoms with van der Waals surface area (Å²) in [5.41, 5.74) is 6.95. The maximum Gasteiger partial charge on any atom is 0.0691 e. The van der Waals surface area contributed by atoms with Crippen molar-refractivity contribution in [2.45, 2.75) is 0 Å². The largest absolute Gasteiger partial charge is 0.355 e. The fourth-order valence-electron chi connectivity index (χ4n) is 2.19. The van der Waals surface area contributed by atoms with E-state index in [9.17, 15) is 0 Å². The van der Waals surface area contributed by atoms with Crippen LogP contribution in [0.5, 0.6) is 0 Å². The van der Waals surface area contributed by atoms with Gasteiger partial charge in [0.2, 0.25) is 0 Å². The number of aromatic amines is 1. The van der Waals surface area contributed by atoms with Crippen molar-refractivity contribution in [3.63, 3.8) is 0 Å². The minimum Gasteiger partial charge on any atom is -0.355 e. The molecule has 2 heterocycles. The first-order valence-electron chi connectivity index (χ1n) is 6.22. The first-order chi connectivity index (χ1) is 8.95.